The van der Waals surface area contributed by atoms with Gasteiger partial charge in [0.05, 0.1) is 16.6 Å². The van der Waals surface area contributed by atoms with E-state index < -0.39 is 27.5 Å². The third-order valence-electron chi connectivity index (χ3n) is 3.81. The van der Waals surface area contributed by atoms with E-state index in [2.05, 4.69) is 0 Å². The van der Waals surface area contributed by atoms with Crippen LogP contribution in [0.3, 0.4) is 0 Å². The van der Waals surface area contributed by atoms with E-state index in [4.69, 9.17) is 9.52 Å². The fourth-order valence-corrected chi connectivity index (χ4v) is 3.99. The minimum atomic E-state index is -3.64. The summed E-state index contributed by atoms with van der Waals surface area (Å²) in [7, 11) is -3.64. The van der Waals surface area contributed by atoms with E-state index in [9.17, 15) is 13.2 Å². The second kappa shape index (κ2) is 6.13. The first-order valence-corrected chi connectivity index (χ1v) is 9.06. The summed E-state index contributed by atoms with van der Waals surface area (Å²) in [6.45, 7) is 1.38. The number of rotatable bonds is 5. The lowest BCUT2D eigenvalue weighted by Gasteiger charge is -2.08. The van der Waals surface area contributed by atoms with Crippen molar-refractivity contribution in [2.45, 2.75) is 11.8 Å². The Morgan fingerprint density at radius 1 is 1.12 bits per heavy atom. The summed E-state index contributed by atoms with van der Waals surface area (Å²) >= 11 is 0. The van der Waals surface area contributed by atoms with Gasteiger partial charge < -0.3 is 9.52 Å². The molecule has 0 amide bonds. The predicted molar refractivity (Wildman–Crippen MR) is 90.5 cm³/mol. The number of aliphatic carboxylic acids is 1. The molecule has 0 saturated carbocycles. The number of sulfone groups is 1. The SMILES string of the molecule is CC(CS(=O)(=O)c1ccc(-c2cc3ccccc3o2)cc1)C(=O)O. The van der Waals surface area contributed by atoms with Crippen LogP contribution in [0.25, 0.3) is 22.3 Å². The molecule has 124 valence electrons. The van der Waals surface area contributed by atoms with Crippen molar-refractivity contribution in [3.63, 3.8) is 0 Å². The highest BCUT2D eigenvalue weighted by atomic mass is 32.2. The van der Waals surface area contributed by atoms with Gasteiger partial charge in [-0.05, 0) is 36.4 Å². The average Bonchev–Trinajstić information content (AvgIpc) is 2.98. The van der Waals surface area contributed by atoms with E-state index in [1.54, 1.807) is 12.1 Å². The van der Waals surface area contributed by atoms with Crippen LogP contribution in [0.2, 0.25) is 0 Å². The maximum atomic E-state index is 12.2. The maximum Gasteiger partial charge on any atom is 0.307 e. The lowest BCUT2D eigenvalue weighted by atomic mass is 10.1. The molecule has 0 bridgehead atoms. The van der Waals surface area contributed by atoms with Gasteiger partial charge in [0.25, 0.3) is 0 Å². The topological polar surface area (TPSA) is 84.6 Å². The van der Waals surface area contributed by atoms with Crippen molar-refractivity contribution in [2.75, 3.05) is 5.75 Å². The normalized spacial score (nSPS) is 13.0. The van der Waals surface area contributed by atoms with Crippen LogP contribution in [0, 0.1) is 5.92 Å². The number of carboxylic acids is 1. The van der Waals surface area contributed by atoms with Crippen molar-refractivity contribution >= 4 is 26.8 Å². The number of carboxylic acid groups (broad SMARTS) is 1. The smallest absolute Gasteiger partial charge is 0.307 e. The summed E-state index contributed by atoms with van der Waals surface area (Å²) in [5.74, 6) is -1.85. The number of carbonyl (C=O) groups is 1. The van der Waals surface area contributed by atoms with Crippen molar-refractivity contribution in [3.05, 3.63) is 54.6 Å². The Balaban J connectivity index is 1.89. The summed E-state index contributed by atoms with van der Waals surface area (Å²) in [5.41, 5.74) is 1.52. The first kappa shape index (κ1) is 16.3. The lowest BCUT2D eigenvalue weighted by Crippen LogP contribution is -2.21. The molecule has 6 heteroatoms. The highest BCUT2D eigenvalue weighted by molar-refractivity contribution is 7.91. The third kappa shape index (κ3) is 3.19. The molecule has 0 fully saturated rings. The first-order chi connectivity index (χ1) is 11.4. The minimum Gasteiger partial charge on any atom is -0.481 e. The molecule has 0 saturated heterocycles. The maximum absolute atomic E-state index is 12.2. The Labute approximate surface area is 139 Å². The summed E-state index contributed by atoms with van der Waals surface area (Å²) in [6.07, 6.45) is 0. The quantitative estimate of drug-likeness (QED) is 0.764. The Morgan fingerprint density at radius 3 is 2.42 bits per heavy atom. The van der Waals surface area contributed by atoms with Gasteiger partial charge in [0.1, 0.15) is 11.3 Å². The third-order valence-corrected chi connectivity index (χ3v) is 5.74. The Morgan fingerprint density at radius 2 is 1.79 bits per heavy atom. The van der Waals surface area contributed by atoms with Crippen LogP contribution in [-0.4, -0.2) is 25.2 Å². The first-order valence-electron chi connectivity index (χ1n) is 7.41. The Kier molecular flexibility index (Phi) is 4.15. The van der Waals surface area contributed by atoms with Gasteiger partial charge in [0.15, 0.2) is 9.84 Å². The average molecular weight is 344 g/mol. The lowest BCUT2D eigenvalue weighted by molar-refractivity contribution is -0.140. The number of furan rings is 1. The molecule has 0 aliphatic heterocycles. The molecular formula is C18H16O5S. The van der Waals surface area contributed by atoms with Crippen molar-refractivity contribution < 1.29 is 22.7 Å². The van der Waals surface area contributed by atoms with Crippen LogP contribution in [0.4, 0.5) is 0 Å². The number of para-hydroxylation sites is 1. The van der Waals surface area contributed by atoms with E-state index in [-0.39, 0.29) is 4.90 Å². The molecule has 0 spiro atoms. The number of benzene rings is 2. The van der Waals surface area contributed by atoms with Gasteiger partial charge in [-0.2, -0.15) is 0 Å². The monoisotopic (exact) mass is 344 g/mol. The molecule has 24 heavy (non-hydrogen) atoms. The van der Waals surface area contributed by atoms with Crippen LogP contribution < -0.4 is 0 Å². The largest absolute Gasteiger partial charge is 0.481 e. The molecule has 1 heterocycles. The highest BCUT2D eigenvalue weighted by Gasteiger charge is 2.23. The molecule has 1 unspecified atom stereocenters. The van der Waals surface area contributed by atoms with E-state index >= 15 is 0 Å². The van der Waals surface area contributed by atoms with E-state index in [1.165, 1.54) is 19.1 Å². The summed E-state index contributed by atoms with van der Waals surface area (Å²) in [6, 6.07) is 15.8. The molecule has 5 nitrogen and oxygen atoms in total. The van der Waals surface area contributed by atoms with Crippen molar-refractivity contribution in [1.29, 1.82) is 0 Å². The zero-order valence-electron chi connectivity index (χ0n) is 13.0. The number of hydrogen-bond donors (Lipinski definition) is 1. The van der Waals surface area contributed by atoms with Crippen LogP contribution in [0.5, 0.6) is 0 Å². The molecule has 1 atom stereocenters. The van der Waals surface area contributed by atoms with Gasteiger partial charge in [-0.3, -0.25) is 4.79 Å². The summed E-state index contributed by atoms with van der Waals surface area (Å²) in [4.78, 5) is 11.0. The second-order valence-electron chi connectivity index (χ2n) is 5.69. The zero-order valence-corrected chi connectivity index (χ0v) is 13.8. The molecule has 3 rings (SSSR count). The van der Waals surface area contributed by atoms with Gasteiger partial charge in [-0.1, -0.05) is 25.1 Å². The Bertz CT molecular complexity index is 951. The van der Waals surface area contributed by atoms with Crippen LogP contribution in [0.15, 0.2) is 63.9 Å². The van der Waals surface area contributed by atoms with E-state index in [1.807, 2.05) is 30.3 Å². The Hall–Kier alpha value is -2.60. The van der Waals surface area contributed by atoms with Gasteiger partial charge in [-0.25, -0.2) is 8.42 Å². The van der Waals surface area contributed by atoms with E-state index in [0.29, 0.717) is 5.76 Å². The standard InChI is InChI=1S/C18H16O5S/c1-12(18(19)20)11-24(21,22)15-8-6-13(7-9-15)17-10-14-4-2-3-5-16(14)23-17/h2-10,12H,11H2,1H3,(H,19,20). The molecule has 0 radical (unpaired) electrons. The number of hydrogen-bond acceptors (Lipinski definition) is 4. The van der Waals surface area contributed by atoms with Crippen LogP contribution in [0.1, 0.15) is 6.92 Å². The van der Waals surface area contributed by atoms with Gasteiger partial charge in [0, 0.05) is 10.9 Å². The van der Waals surface area contributed by atoms with Crippen LogP contribution in [-0.2, 0) is 14.6 Å². The van der Waals surface area contributed by atoms with Crippen molar-refractivity contribution in [1.82, 2.24) is 0 Å². The molecule has 1 N–H and O–H groups in total. The fraction of sp³-hybridized carbons (Fsp3) is 0.167. The van der Waals surface area contributed by atoms with Gasteiger partial charge >= 0.3 is 5.97 Å². The summed E-state index contributed by atoms with van der Waals surface area (Å²) < 4.78 is 30.2. The predicted octanol–water partition coefficient (Wildman–Crippen LogP) is 3.59. The van der Waals surface area contributed by atoms with Crippen molar-refractivity contribution in [3.8, 4) is 11.3 Å². The molecule has 3 aromatic rings. The molecule has 2 aromatic carbocycles. The van der Waals surface area contributed by atoms with Crippen LogP contribution >= 0.6 is 0 Å². The second-order valence-corrected chi connectivity index (χ2v) is 7.73. The van der Waals surface area contributed by atoms with Gasteiger partial charge in [-0.15, -0.1) is 0 Å². The molecular weight excluding hydrogens is 328 g/mol. The fourth-order valence-electron chi connectivity index (χ4n) is 2.45. The molecule has 1 aromatic heterocycles. The van der Waals surface area contributed by atoms with Crippen molar-refractivity contribution in [2.24, 2.45) is 5.92 Å². The minimum absolute atomic E-state index is 0.107. The molecule has 0 aliphatic carbocycles. The van der Waals surface area contributed by atoms with Gasteiger partial charge in [0.2, 0.25) is 0 Å². The number of fused-ring (bicyclic) bond motifs is 1. The summed E-state index contributed by atoms with van der Waals surface area (Å²) in [5, 5.41) is 9.85. The molecule has 0 aliphatic rings. The van der Waals surface area contributed by atoms with E-state index in [0.717, 1.165) is 16.5 Å². The highest BCUT2D eigenvalue weighted by Crippen LogP contribution is 2.28. The zero-order chi connectivity index (χ0) is 17.3.